The highest BCUT2D eigenvalue weighted by atomic mass is 19.4. The molecular formula is C18H17F3N2O2. The van der Waals surface area contributed by atoms with E-state index in [0.29, 0.717) is 37.6 Å². The number of piperazine rings is 1. The largest absolute Gasteiger partial charge is 0.465 e. The number of hydrogen-bond acceptors (Lipinski definition) is 3. The van der Waals surface area contributed by atoms with E-state index < -0.39 is 11.7 Å². The normalized spacial score (nSPS) is 15.8. The Morgan fingerprint density at radius 3 is 2.48 bits per heavy atom. The van der Waals surface area contributed by atoms with Crippen molar-refractivity contribution in [1.29, 1.82) is 0 Å². The third-order valence-electron chi connectivity index (χ3n) is 4.06. The second-order valence-electron chi connectivity index (χ2n) is 5.71. The Morgan fingerprint density at radius 1 is 1.08 bits per heavy atom. The second kappa shape index (κ2) is 7.04. The molecule has 1 aliphatic rings. The Bertz CT molecular complexity index is 746. The molecule has 132 valence electrons. The molecule has 2 aromatic rings. The number of alkyl halides is 3. The van der Waals surface area contributed by atoms with E-state index in [1.165, 1.54) is 18.4 Å². The van der Waals surface area contributed by atoms with Crippen LogP contribution in [0.15, 0.2) is 53.2 Å². The molecule has 1 saturated heterocycles. The minimum Gasteiger partial charge on any atom is -0.465 e. The van der Waals surface area contributed by atoms with Gasteiger partial charge in [0.2, 0.25) is 5.91 Å². The van der Waals surface area contributed by atoms with Gasteiger partial charge in [-0.25, -0.2) is 0 Å². The van der Waals surface area contributed by atoms with Crippen LogP contribution in [0.3, 0.4) is 0 Å². The molecule has 1 fully saturated rings. The monoisotopic (exact) mass is 350 g/mol. The summed E-state index contributed by atoms with van der Waals surface area (Å²) >= 11 is 0. The Hall–Kier alpha value is -2.70. The first-order chi connectivity index (χ1) is 11.9. The maximum Gasteiger partial charge on any atom is 0.416 e. The van der Waals surface area contributed by atoms with Crippen LogP contribution in [0.25, 0.3) is 6.08 Å². The third kappa shape index (κ3) is 4.23. The van der Waals surface area contributed by atoms with Crippen molar-refractivity contribution in [3.8, 4) is 0 Å². The van der Waals surface area contributed by atoms with E-state index in [-0.39, 0.29) is 5.91 Å². The van der Waals surface area contributed by atoms with Crippen LogP contribution >= 0.6 is 0 Å². The molecule has 1 aliphatic heterocycles. The van der Waals surface area contributed by atoms with Gasteiger partial charge in [-0.15, -0.1) is 0 Å². The van der Waals surface area contributed by atoms with Gasteiger partial charge in [0.25, 0.3) is 0 Å². The molecule has 0 radical (unpaired) electrons. The molecule has 1 aromatic carbocycles. The molecule has 0 bridgehead atoms. The van der Waals surface area contributed by atoms with Crippen LogP contribution in [0.4, 0.5) is 18.9 Å². The number of benzene rings is 1. The molecule has 3 rings (SSSR count). The quantitative estimate of drug-likeness (QED) is 0.793. The van der Waals surface area contributed by atoms with E-state index in [2.05, 4.69) is 0 Å². The SMILES string of the molecule is O=C(C=Cc1ccco1)N1CCN(c2cccc(C(F)(F)F)c2)CC1. The zero-order valence-corrected chi connectivity index (χ0v) is 13.4. The van der Waals surface area contributed by atoms with Gasteiger partial charge in [0.05, 0.1) is 11.8 Å². The Morgan fingerprint density at radius 2 is 1.84 bits per heavy atom. The van der Waals surface area contributed by atoms with E-state index in [9.17, 15) is 18.0 Å². The van der Waals surface area contributed by atoms with Gasteiger partial charge >= 0.3 is 6.18 Å². The lowest BCUT2D eigenvalue weighted by molar-refractivity contribution is -0.137. The van der Waals surface area contributed by atoms with Gasteiger partial charge in [-0.05, 0) is 36.4 Å². The van der Waals surface area contributed by atoms with Crippen LogP contribution < -0.4 is 4.90 Å². The van der Waals surface area contributed by atoms with Crippen LogP contribution in [0.5, 0.6) is 0 Å². The minimum absolute atomic E-state index is 0.139. The lowest BCUT2D eigenvalue weighted by atomic mass is 10.1. The summed E-state index contributed by atoms with van der Waals surface area (Å²) in [7, 11) is 0. The number of carbonyl (C=O) groups excluding carboxylic acids is 1. The van der Waals surface area contributed by atoms with Crippen molar-refractivity contribution in [1.82, 2.24) is 4.90 Å². The van der Waals surface area contributed by atoms with Gasteiger partial charge < -0.3 is 14.2 Å². The summed E-state index contributed by atoms with van der Waals surface area (Å²) in [4.78, 5) is 15.7. The zero-order chi connectivity index (χ0) is 17.9. The third-order valence-corrected chi connectivity index (χ3v) is 4.06. The van der Waals surface area contributed by atoms with Gasteiger partial charge in [0.1, 0.15) is 5.76 Å². The number of halogens is 3. The lowest BCUT2D eigenvalue weighted by Crippen LogP contribution is -2.48. The summed E-state index contributed by atoms with van der Waals surface area (Å²) in [6, 6.07) is 8.75. The molecule has 1 amide bonds. The Labute approximate surface area is 143 Å². The molecule has 0 saturated carbocycles. The summed E-state index contributed by atoms with van der Waals surface area (Å²) in [5.41, 5.74) is -0.141. The predicted octanol–water partition coefficient (Wildman–Crippen LogP) is 3.66. The first-order valence-electron chi connectivity index (χ1n) is 7.86. The van der Waals surface area contributed by atoms with Gasteiger partial charge in [-0.1, -0.05) is 6.07 Å². The highest BCUT2D eigenvalue weighted by molar-refractivity contribution is 5.91. The first-order valence-corrected chi connectivity index (χ1v) is 7.86. The molecule has 25 heavy (non-hydrogen) atoms. The van der Waals surface area contributed by atoms with Crippen molar-refractivity contribution < 1.29 is 22.4 Å². The summed E-state index contributed by atoms with van der Waals surface area (Å²) in [6.07, 6.45) is 0.211. The van der Waals surface area contributed by atoms with E-state index in [4.69, 9.17) is 4.42 Å². The second-order valence-corrected chi connectivity index (χ2v) is 5.71. The van der Waals surface area contributed by atoms with E-state index >= 15 is 0 Å². The molecule has 7 heteroatoms. The molecule has 0 atom stereocenters. The number of anilines is 1. The summed E-state index contributed by atoms with van der Waals surface area (Å²) in [5.74, 6) is 0.455. The predicted molar refractivity (Wildman–Crippen MR) is 88.0 cm³/mol. The highest BCUT2D eigenvalue weighted by Crippen LogP contribution is 2.31. The van der Waals surface area contributed by atoms with E-state index in [0.717, 1.165) is 12.1 Å². The summed E-state index contributed by atoms with van der Waals surface area (Å²) in [6.45, 7) is 1.89. The fourth-order valence-electron chi connectivity index (χ4n) is 2.71. The zero-order valence-electron chi connectivity index (χ0n) is 13.4. The fraction of sp³-hybridized carbons (Fsp3) is 0.278. The van der Waals surface area contributed by atoms with Crippen molar-refractivity contribution in [2.24, 2.45) is 0 Å². The van der Waals surface area contributed by atoms with Crippen LogP contribution in [0.2, 0.25) is 0 Å². The maximum absolute atomic E-state index is 12.8. The average molecular weight is 350 g/mol. The average Bonchev–Trinajstić information content (AvgIpc) is 3.13. The van der Waals surface area contributed by atoms with Gasteiger partial charge in [0, 0.05) is 37.9 Å². The standard InChI is InChI=1S/C18H17F3N2O2/c19-18(20,21)14-3-1-4-15(13-14)22-8-10-23(11-9-22)17(24)7-6-16-5-2-12-25-16/h1-7,12-13H,8-11H2. The van der Waals surface area contributed by atoms with Crippen molar-refractivity contribution in [2.45, 2.75) is 6.18 Å². The van der Waals surface area contributed by atoms with Crippen LogP contribution in [0, 0.1) is 0 Å². The number of amides is 1. The number of nitrogens with zero attached hydrogens (tertiary/aromatic N) is 2. The van der Waals surface area contributed by atoms with Crippen LogP contribution in [-0.4, -0.2) is 37.0 Å². The number of carbonyl (C=O) groups is 1. The molecule has 0 N–H and O–H groups in total. The van der Waals surface area contributed by atoms with Crippen molar-refractivity contribution in [3.63, 3.8) is 0 Å². The molecule has 0 unspecified atom stereocenters. The fourth-order valence-corrected chi connectivity index (χ4v) is 2.71. The minimum atomic E-state index is -4.36. The molecular weight excluding hydrogens is 333 g/mol. The maximum atomic E-state index is 12.8. The lowest BCUT2D eigenvalue weighted by Gasteiger charge is -2.35. The number of rotatable bonds is 3. The van der Waals surface area contributed by atoms with Gasteiger partial charge in [0.15, 0.2) is 0 Å². The molecule has 0 spiro atoms. The van der Waals surface area contributed by atoms with Crippen molar-refractivity contribution in [3.05, 3.63) is 60.1 Å². The highest BCUT2D eigenvalue weighted by Gasteiger charge is 2.31. The molecule has 0 aliphatic carbocycles. The summed E-state index contributed by atoms with van der Waals surface area (Å²) in [5, 5.41) is 0. The topological polar surface area (TPSA) is 36.7 Å². The van der Waals surface area contributed by atoms with Gasteiger partial charge in [-0.3, -0.25) is 4.79 Å². The summed E-state index contributed by atoms with van der Waals surface area (Å²) < 4.78 is 43.6. The van der Waals surface area contributed by atoms with Gasteiger partial charge in [-0.2, -0.15) is 13.2 Å². The Kier molecular flexibility index (Phi) is 4.83. The van der Waals surface area contributed by atoms with Crippen LogP contribution in [0.1, 0.15) is 11.3 Å². The molecule has 4 nitrogen and oxygen atoms in total. The van der Waals surface area contributed by atoms with Crippen molar-refractivity contribution >= 4 is 17.7 Å². The first kappa shape index (κ1) is 17.1. The van der Waals surface area contributed by atoms with E-state index in [1.54, 1.807) is 29.2 Å². The number of furan rings is 1. The Balaban J connectivity index is 1.59. The van der Waals surface area contributed by atoms with Crippen LogP contribution in [-0.2, 0) is 11.0 Å². The smallest absolute Gasteiger partial charge is 0.416 e. The molecule has 1 aromatic heterocycles. The number of hydrogen-bond donors (Lipinski definition) is 0. The van der Waals surface area contributed by atoms with E-state index in [1.807, 2.05) is 4.90 Å². The van der Waals surface area contributed by atoms with Crippen molar-refractivity contribution in [2.75, 3.05) is 31.1 Å². The molecule has 2 heterocycles.